The molecule has 5 aliphatic rings. The van der Waals surface area contributed by atoms with Crippen molar-refractivity contribution in [2.24, 2.45) is 0 Å². The molecule has 9 N–H and O–H groups in total. The van der Waals surface area contributed by atoms with Gasteiger partial charge in [0.05, 0.1) is 0 Å². The Balaban J connectivity index is 1.07. The number of hydrogen-bond donors (Lipinski definition) is 9. The van der Waals surface area contributed by atoms with Crippen molar-refractivity contribution in [2.45, 2.75) is 57.6 Å². The smallest absolute Gasteiger partial charge is 0.255 e. The number of benzene rings is 8. The number of aliphatic hydroxyl groups excluding tert-OH is 1. The zero-order chi connectivity index (χ0) is 62.8. The molecular formula is C80H66N8O4. The zero-order valence-corrected chi connectivity index (χ0v) is 51.3. The summed E-state index contributed by atoms with van der Waals surface area (Å²) in [4.78, 5) is 60.5. The summed E-state index contributed by atoms with van der Waals surface area (Å²) in [7, 11) is 0. The molecule has 1 unspecified atom stereocenters. The van der Waals surface area contributed by atoms with Crippen molar-refractivity contribution in [3.63, 3.8) is 0 Å². The number of anilines is 4. The second-order valence-corrected chi connectivity index (χ2v) is 25.5. The van der Waals surface area contributed by atoms with Gasteiger partial charge in [-0.05, 0) is 155 Å². The lowest BCUT2D eigenvalue weighted by molar-refractivity contribution is 0.101. The molecule has 0 radical (unpaired) electrons. The van der Waals surface area contributed by atoms with Crippen molar-refractivity contribution < 1.29 is 19.5 Å². The van der Waals surface area contributed by atoms with Crippen molar-refractivity contribution in [2.75, 3.05) is 21.3 Å². The van der Waals surface area contributed by atoms with Crippen LogP contribution in [0.5, 0.6) is 0 Å². The molecule has 8 aromatic carbocycles. The van der Waals surface area contributed by atoms with Gasteiger partial charge in [0.2, 0.25) is 0 Å². The van der Waals surface area contributed by atoms with Gasteiger partial charge in [-0.2, -0.15) is 0 Å². The number of para-hydroxylation sites is 4. The van der Waals surface area contributed by atoms with E-state index in [2.05, 4.69) is 148 Å². The Bertz CT molecular complexity index is 5240. The fourth-order valence-corrected chi connectivity index (χ4v) is 13.6. The lowest BCUT2D eigenvalue weighted by Gasteiger charge is -2.27. The molecule has 12 heteroatoms. The fraction of sp³-hybridized carbons (Fsp3) is 0.113. The Morgan fingerprint density at radius 1 is 0.337 bits per heavy atom. The summed E-state index contributed by atoms with van der Waals surface area (Å²) in [6.07, 6.45) is 0.0648. The average Bonchev–Trinajstić information content (AvgIpc) is 1.59. The highest BCUT2D eigenvalue weighted by atomic mass is 16.3. The molecule has 450 valence electrons. The lowest BCUT2D eigenvalue weighted by atomic mass is 9.78. The van der Waals surface area contributed by atoms with Crippen molar-refractivity contribution in [3.05, 3.63) is 354 Å². The van der Waals surface area contributed by atoms with E-state index in [0.717, 1.165) is 111 Å². The van der Waals surface area contributed by atoms with Crippen molar-refractivity contribution in [1.29, 1.82) is 0 Å². The fourth-order valence-electron chi connectivity index (χ4n) is 13.6. The summed E-state index contributed by atoms with van der Waals surface area (Å²) >= 11 is 0. The molecule has 12 aromatic rings. The summed E-state index contributed by atoms with van der Waals surface area (Å²) in [5, 5.41) is 29.0. The topological polar surface area (TPSA) is 183 Å². The first-order valence-electron chi connectivity index (χ1n) is 31.1. The molecular weight excluding hydrogens is 1140 g/mol. The first-order valence-corrected chi connectivity index (χ1v) is 31.1. The van der Waals surface area contributed by atoms with Gasteiger partial charge in [-0.3, -0.25) is 14.4 Å². The maximum atomic E-state index is 15.0. The van der Waals surface area contributed by atoms with Crippen LogP contribution >= 0.6 is 0 Å². The van der Waals surface area contributed by atoms with Gasteiger partial charge in [-0.1, -0.05) is 161 Å². The van der Waals surface area contributed by atoms with Crippen LogP contribution in [0.4, 0.5) is 22.7 Å². The molecule has 20 bridgehead atoms. The molecule has 1 atom stereocenters. The molecule has 4 aromatic heterocycles. The molecule has 0 spiro atoms. The van der Waals surface area contributed by atoms with E-state index in [9.17, 15) is 19.5 Å². The third-order valence-electron chi connectivity index (χ3n) is 18.3. The highest BCUT2D eigenvalue weighted by molar-refractivity contribution is 6.08. The van der Waals surface area contributed by atoms with Crippen LogP contribution in [0.2, 0.25) is 0 Å². The number of fused-ring (bicyclic) bond motifs is 6. The number of aliphatic hydroxyl groups is 1. The Kier molecular flexibility index (Phi) is 14.2. The van der Waals surface area contributed by atoms with Gasteiger partial charge in [0.15, 0.2) is 6.23 Å². The minimum absolute atomic E-state index is 0.277. The average molecular weight is 1200 g/mol. The number of carbonyl (C=O) groups excluding carboxylic acids is 3. The number of aromatic amines is 4. The normalized spacial score (nSPS) is 16.0. The lowest BCUT2D eigenvalue weighted by Crippen LogP contribution is -2.22. The third-order valence-corrected chi connectivity index (χ3v) is 18.3. The molecule has 12 nitrogen and oxygen atoms in total. The maximum Gasteiger partial charge on any atom is 0.255 e. The Hall–Kier alpha value is -11.5. The number of aromatic nitrogens is 4. The molecule has 0 saturated carbocycles. The van der Waals surface area contributed by atoms with Crippen LogP contribution in [0.1, 0.15) is 138 Å². The second kappa shape index (κ2) is 22.8. The molecule has 3 amide bonds. The summed E-state index contributed by atoms with van der Waals surface area (Å²) in [5.41, 5.74) is 16.6. The van der Waals surface area contributed by atoms with Gasteiger partial charge in [0.1, 0.15) is 0 Å². The summed E-state index contributed by atoms with van der Waals surface area (Å²) in [6.45, 7) is 8.69. The van der Waals surface area contributed by atoms with Crippen LogP contribution in [0.25, 0.3) is 22.3 Å². The number of nitrogens with one attached hydrogen (secondary N) is 8. The first-order chi connectivity index (χ1) is 44.7. The number of H-pyrrole nitrogens is 4. The van der Waals surface area contributed by atoms with E-state index in [0.29, 0.717) is 57.8 Å². The van der Waals surface area contributed by atoms with Gasteiger partial charge in [-0.15, -0.1) is 0 Å². The minimum Gasteiger partial charge on any atom is -0.369 e. The van der Waals surface area contributed by atoms with E-state index in [1.54, 1.807) is 0 Å². The SMILES string of the molecule is CC1(C)Cc2cccc(c2)C(=O)Nc2ccccc2C2=c3ccc([nH]3)=C3c4ccc([nH]4)C(=c4ccc([nH]4)=C(c4ccc2[nH]4)c2ccccc2NC(O)c2cccc(c2)C(C)(C)Cc2cccc(c2)C(=O)Nc2ccccc23)c2ccccc2NC(=O)c2cccc1c2. The Morgan fingerprint density at radius 2 is 0.674 bits per heavy atom. The van der Waals surface area contributed by atoms with Crippen LogP contribution in [-0.2, 0) is 23.7 Å². The third kappa shape index (κ3) is 10.6. The van der Waals surface area contributed by atoms with Crippen LogP contribution < -0.4 is 42.7 Å². The van der Waals surface area contributed by atoms with E-state index in [4.69, 9.17) is 0 Å². The number of carbonyl (C=O) groups is 3. The zero-order valence-electron chi connectivity index (χ0n) is 51.3. The molecule has 9 heterocycles. The number of hydrogen-bond acceptors (Lipinski definition) is 5. The van der Waals surface area contributed by atoms with E-state index >= 15 is 0 Å². The highest BCUT2D eigenvalue weighted by Gasteiger charge is 2.29. The van der Waals surface area contributed by atoms with Crippen molar-refractivity contribution in [1.82, 2.24) is 19.9 Å². The molecule has 5 aliphatic heterocycles. The van der Waals surface area contributed by atoms with E-state index in [1.165, 1.54) is 0 Å². The van der Waals surface area contributed by atoms with Crippen LogP contribution in [0.15, 0.2) is 243 Å². The van der Waals surface area contributed by atoms with Crippen molar-refractivity contribution in [3.8, 4) is 0 Å². The largest absolute Gasteiger partial charge is 0.369 e. The number of rotatable bonds is 0. The molecule has 92 heavy (non-hydrogen) atoms. The van der Waals surface area contributed by atoms with Gasteiger partial charge >= 0.3 is 0 Å². The molecule has 0 aliphatic carbocycles. The summed E-state index contributed by atoms with van der Waals surface area (Å²) in [5.74, 6) is -0.842. The molecule has 17 rings (SSSR count). The van der Waals surface area contributed by atoms with Gasteiger partial charge < -0.3 is 46.3 Å². The second-order valence-electron chi connectivity index (χ2n) is 25.5. The van der Waals surface area contributed by atoms with Crippen molar-refractivity contribution >= 4 is 62.8 Å². The number of amides is 3. The standard InChI is InChI=1S/C80H66N8O4/c1-79(2)45-47-17-13-19-49(41-47)75(89)85-59-29-9-5-25-55(59)71-63-33-34-64(81-63)72-56-26-6-10-30-60(56)86-76(90)50-20-14-18-48(42-50)46-80(3,4)54-24-16-22-52(44-54)78(92)88-62-32-12-8-28-58(62)74(68-38-36-65(71)83-68)70-40-39-69(84-70)73(67-37-35-66(72)82-67)57-27-7-11-31-61(57)87-77(91)51-21-15-23-53(79)43-51/h5-44,77,81-84,87,91H,45-46H2,1-4H3,(H,85,89)(H,86,90)(H,88,92). The van der Waals surface area contributed by atoms with E-state index in [-0.39, 0.29) is 17.7 Å². The van der Waals surface area contributed by atoms with Gasteiger partial charge in [0.25, 0.3) is 17.7 Å². The van der Waals surface area contributed by atoms with Gasteiger partial charge in [-0.25, -0.2) is 0 Å². The minimum atomic E-state index is -1.14. The highest BCUT2D eigenvalue weighted by Crippen LogP contribution is 2.38. The molecule has 0 fully saturated rings. The predicted octanol–water partition coefficient (Wildman–Crippen LogP) is 12.8. The first kappa shape index (κ1) is 57.0. The Labute approximate surface area is 531 Å². The maximum absolute atomic E-state index is 15.0. The predicted molar refractivity (Wildman–Crippen MR) is 366 cm³/mol. The summed E-state index contributed by atoms with van der Waals surface area (Å²) in [6, 6.07) is 79.4. The molecule has 0 saturated heterocycles. The van der Waals surface area contributed by atoms with Crippen LogP contribution in [0.3, 0.4) is 0 Å². The van der Waals surface area contributed by atoms with Gasteiger partial charge in [0, 0.05) is 134 Å². The van der Waals surface area contributed by atoms with E-state index in [1.807, 2.05) is 164 Å². The Morgan fingerprint density at radius 3 is 1.09 bits per heavy atom. The monoisotopic (exact) mass is 1200 g/mol. The quantitative estimate of drug-likeness (QED) is 0.0731. The van der Waals surface area contributed by atoms with Crippen LogP contribution in [-0.4, -0.2) is 42.8 Å². The van der Waals surface area contributed by atoms with Crippen LogP contribution in [0, 0.1) is 0 Å². The summed E-state index contributed by atoms with van der Waals surface area (Å²) < 4.78 is 0. The van der Waals surface area contributed by atoms with E-state index < -0.39 is 17.1 Å².